The highest BCUT2D eigenvalue weighted by Gasteiger charge is 2.40. The van der Waals surface area contributed by atoms with Crippen LogP contribution in [0.4, 0.5) is 0 Å². The molecule has 38 heavy (non-hydrogen) atoms. The molecule has 2 aromatic carbocycles. The second kappa shape index (κ2) is 12.7. The normalized spacial score (nSPS) is 20.8. The molecule has 4 rings (SSSR count). The van der Waals surface area contributed by atoms with Crippen LogP contribution in [0.3, 0.4) is 0 Å². The highest BCUT2D eigenvalue weighted by Crippen LogP contribution is 2.36. The van der Waals surface area contributed by atoms with Crippen molar-refractivity contribution >= 4 is 13.0 Å². The van der Waals surface area contributed by atoms with E-state index in [1.807, 2.05) is 13.7 Å². The predicted molar refractivity (Wildman–Crippen MR) is 155 cm³/mol. The van der Waals surface area contributed by atoms with Crippen LogP contribution in [-0.2, 0) is 4.79 Å². The third-order valence-electron chi connectivity index (χ3n) is 8.36. The van der Waals surface area contributed by atoms with Gasteiger partial charge in [0, 0.05) is 32.1 Å². The first kappa shape index (κ1) is 28.7. The number of nitrogens with zero attached hydrogens (tertiary/aromatic N) is 3. The molecule has 1 unspecified atom stereocenters. The zero-order valence-electron chi connectivity index (χ0n) is 24.0. The first-order valence-corrected chi connectivity index (χ1v) is 14.4. The van der Waals surface area contributed by atoms with Crippen LogP contribution in [0.25, 0.3) is 0 Å². The quantitative estimate of drug-likeness (QED) is 0.501. The van der Waals surface area contributed by atoms with Crippen molar-refractivity contribution in [3.8, 4) is 5.75 Å². The molecule has 2 atom stereocenters. The Bertz CT molecular complexity index is 1020. The standard InChI is InChI=1S/C31H46BN3O3/c1-6-38-27-14-12-26(13-15-27)30(25-10-8-7-9-11-25)33-20-21-35(28(23-33)31(2,3)4)29(36)22-24-16-18-34(19-17-24)32(5)37/h7-15,24,28,30,37H,6,16-23H2,1-5H3/t28-,30?/m1/s1. The molecule has 1 N–H and O–H groups in total. The number of carbonyl (C=O) groups is 1. The minimum Gasteiger partial charge on any atom is -0.494 e. The van der Waals surface area contributed by atoms with Crippen molar-refractivity contribution in [1.29, 1.82) is 0 Å². The molecule has 0 bridgehead atoms. The van der Waals surface area contributed by atoms with E-state index in [0.29, 0.717) is 18.9 Å². The number of rotatable bonds is 8. The van der Waals surface area contributed by atoms with Crippen LogP contribution >= 0.6 is 0 Å². The summed E-state index contributed by atoms with van der Waals surface area (Å²) >= 11 is 0. The van der Waals surface area contributed by atoms with E-state index in [-0.39, 0.29) is 23.4 Å². The van der Waals surface area contributed by atoms with Gasteiger partial charge in [0.05, 0.1) is 12.6 Å². The summed E-state index contributed by atoms with van der Waals surface area (Å²) in [5, 5.41) is 9.89. The minimum atomic E-state index is -0.405. The fourth-order valence-corrected chi connectivity index (χ4v) is 6.14. The van der Waals surface area contributed by atoms with Crippen LogP contribution in [0, 0.1) is 11.3 Å². The number of piperidine rings is 1. The molecule has 0 spiro atoms. The van der Waals surface area contributed by atoms with E-state index in [9.17, 15) is 9.82 Å². The number of amides is 1. The third kappa shape index (κ3) is 6.99. The lowest BCUT2D eigenvalue weighted by Gasteiger charge is -2.50. The van der Waals surface area contributed by atoms with Gasteiger partial charge in [-0.05, 0) is 74.3 Å². The lowest BCUT2D eigenvalue weighted by molar-refractivity contribution is -0.141. The monoisotopic (exact) mass is 519 g/mol. The number of piperazine rings is 1. The SMILES string of the molecule is CCOc1ccc(C(c2ccccc2)N2CCN(C(=O)CC3CCN(B(C)O)CC3)[C@@H](C(C)(C)C)C2)cc1. The highest BCUT2D eigenvalue weighted by atomic mass is 16.5. The molecule has 2 fully saturated rings. The molecule has 6 nitrogen and oxygen atoms in total. The van der Waals surface area contributed by atoms with E-state index in [4.69, 9.17) is 4.74 Å². The maximum absolute atomic E-state index is 13.7. The lowest BCUT2D eigenvalue weighted by Crippen LogP contribution is -2.60. The molecule has 0 aromatic heterocycles. The van der Waals surface area contributed by atoms with E-state index in [2.05, 4.69) is 90.0 Å². The molecule has 7 heteroatoms. The van der Waals surface area contributed by atoms with E-state index in [1.54, 1.807) is 0 Å². The van der Waals surface area contributed by atoms with E-state index >= 15 is 0 Å². The van der Waals surface area contributed by atoms with Gasteiger partial charge in [0.25, 0.3) is 0 Å². The smallest absolute Gasteiger partial charge is 0.376 e. The Balaban J connectivity index is 1.52. The van der Waals surface area contributed by atoms with Gasteiger partial charge in [0.1, 0.15) is 5.75 Å². The molecule has 2 heterocycles. The van der Waals surface area contributed by atoms with Crippen molar-refractivity contribution in [2.75, 3.05) is 39.3 Å². The largest absolute Gasteiger partial charge is 0.494 e. The maximum Gasteiger partial charge on any atom is 0.376 e. The van der Waals surface area contributed by atoms with E-state index < -0.39 is 7.05 Å². The number of carbonyl (C=O) groups excluding carboxylic acids is 1. The Morgan fingerprint density at radius 2 is 1.63 bits per heavy atom. The van der Waals surface area contributed by atoms with Gasteiger partial charge in [0.2, 0.25) is 5.91 Å². The Kier molecular flexibility index (Phi) is 9.56. The molecular formula is C31H46BN3O3. The van der Waals surface area contributed by atoms with Crippen LogP contribution in [0.2, 0.25) is 6.82 Å². The molecule has 0 aliphatic carbocycles. The van der Waals surface area contributed by atoms with Gasteiger partial charge >= 0.3 is 7.05 Å². The summed E-state index contributed by atoms with van der Waals surface area (Å²) in [7, 11) is -0.405. The second-order valence-corrected chi connectivity index (χ2v) is 12.1. The zero-order chi connectivity index (χ0) is 27.3. The van der Waals surface area contributed by atoms with Crippen molar-refractivity contribution in [2.24, 2.45) is 11.3 Å². The number of benzene rings is 2. The van der Waals surface area contributed by atoms with Crippen molar-refractivity contribution < 1.29 is 14.6 Å². The molecular weight excluding hydrogens is 473 g/mol. The zero-order valence-corrected chi connectivity index (χ0v) is 24.0. The van der Waals surface area contributed by atoms with Gasteiger partial charge in [-0.2, -0.15) is 0 Å². The van der Waals surface area contributed by atoms with Crippen LogP contribution < -0.4 is 4.74 Å². The number of hydrogen-bond acceptors (Lipinski definition) is 5. The minimum absolute atomic E-state index is 0.0376. The summed E-state index contributed by atoms with van der Waals surface area (Å²) in [5.74, 6) is 1.58. The maximum atomic E-state index is 13.7. The first-order chi connectivity index (χ1) is 18.2. The van der Waals surface area contributed by atoms with E-state index in [0.717, 1.165) is 51.3 Å². The van der Waals surface area contributed by atoms with Crippen LogP contribution in [0.15, 0.2) is 54.6 Å². The Morgan fingerprint density at radius 1 is 1.00 bits per heavy atom. The van der Waals surface area contributed by atoms with Gasteiger partial charge in [-0.15, -0.1) is 0 Å². The average Bonchev–Trinajstić information content (AvgIpc) is 2.90. The van der Waals surface area contributed by atoms with Crippen LogP contribution in [0.5, 0.6) is 5.75 Å². The van der Waals surface area contributed by atoms with Crippen molar-refractivity contribution in [3.63, 3.8) is 0 Å². The van der Waals surface area contributed by atoms with Crippen LogP contribution in [-0.4, -0.2) is 78.0 Å². The molecule has 2 saturated heterocycles. The van der Waals surface area contributed by atoms with Crippen LogP contribution in [0.1, 0.15) is 64.1 Å². The third-order valence-corrected chi connectivity index (χ3v) is 8.36. The first-order valence-electron chi connectivity index (χ1n) is 14.4. The Hall–Kier alpha value is -2.35. The summed E-state index contributed by atoms with van der Waals surface area (Å²) in [4.78, 5) is 20.5. The second-order valence-electron chi connectivity index (χ2n) is 12.1. The van der Waals surface area contributed by atoms with Gasteiger partial charge in [-0.25, -0.2) is 0 Å². The average molecular weight is 520 g/mol. The lowest BCUT2D eigenvalue weighted by atomic mass is 9.80. The van der Waals surface area contributed by atoms with Gasteiger partial charge in [-0.3, -0.25) is 9.69 Å². The fraction of sp³-hybridized carbons (Fsp3) is 0.581. The molecule has 1 amide bonds. The summed E-state index contributed by atoms with van der Waals surface area (Å²) in [6.45, 7) is 15.4. The summed E-state index contributed by atoms with van der Waals surface area (Å²) < 4.78 is 5.70. The predicted octanol–water partition coefficient (Wildman–Crippen LogP) is 4.95. The van der Waals surface area contributed by atoms with Gasteiger partial charge in [-0.1, -0.05) is 63.2 Å². The van der Waals surface area contributed by atoms with Gasteiger partial charge < -0.3 is 19.5 Å². The Labute approximate surface area is 230 Å². The molecule has 2 aromatic rings. The molecule has 2 aliphatic rings. The van der Waals surface area contributed by atoms with E-state index in [1.165, 1.54) is 11.1 Å². The summed E-state index contributed by atoms with van der Waals surface area (Å²) in [6.07, 6.45) is 2.57. The highest BCUT2D eigenvalue weighted by molar-refractivity contribution is 6.45. The number of hydrogen-bond donors (Lipinski definition) is 1. The summed E-state index contributed by atoms with van der Waals surface area (Å²) in [5.41, 5.74) is 2.48. The Morgan fingerprint density at radius 3 is 2.21 bits per heavy atom. The summed E-state index contributed by atoms with van der Waals surface area (Å²) in [6, 6.07) is 19.5. The fourth-order valence-electron chi connectivity index (χ4n) is 6.14. The molecule has 206 valence electrons. The van der Waals surface area contributed by atoms with Crippen molar-refractivity contribution in [3.05, 3.63) is 65.7 Å². The molecule has 0 radical (unpaired) electrons. The van der Waals surface area contributed by atoms with Crippen molar-refractivity contribution in [2.45, 2.75) is 65.9 Å². The van der Waals surface area contributed by atoms with Gasteiger partial charge in [0.15, 0.2) is 0 Å². The number of ether oxygens (including phenoxy) is 1. The topological polar surface area (TPSA) is 56.2 Å². The molecule has 2 aliphatic heterocycles. The molecule has 0 saturated carbocycles. The van der Waals surface area contributed by atoms with Crippen molar-refractivity contribution in [1.82, 2.24) is 14.6 Å².